The molecule has 130 valence electrons. The predicted molar refractivity (Wildman–Crippen MR) is 88.9 cm³/mol. The Kier molecular flexibility index (Phi) is 6.59. The van der Waals surface area contributed by atoms with Crippen molar-refractivity contribution in [2.24, 2.45) is 0 Å². The lowest BCUT2D eigenvalue weighted by molar-refractivity contribution is -0.117. The number of nitrogens with zero attached hydrogens (tertiary/aromatic N) is 5. The second kappa shape index (κ2) is 8.67. The van der Waals surface area contributed by atoms with Crippen molar-refractivity contribution in [3.05, 3.63) is 30.3 Å². The van der Waals surface area contributed by atoms with Crippen LogP contribution in [0.15, 0.2) is 24.5 Å². The zero-order chi connectivity index (χ0) is 16.1. The summed E-state index contributed by atoms with van der Waals surface area (Å²) >= 11 is 0. The highest BCUT2D eigenvalue weighted by atomic mass is 35.5. The molecule has 0 bridgehead atoms. The van der Waals surface area contributed by atoms with Crippen LogP contribution in [0.1, 0.15) is 6.42 Å². The first-order valence-corrected chi connectivity index (χ1v) is 7.48. The number of carbonyl (C=O) groups is 1. The molecule has 2 heterocycles. The maximum Gasteiger partial charge on any atom is 0.238 e. The van der Waals surface area contributed by atoms with E-state index >= 15 is 0 Å². The van der Waals surface area contributed by atoms with E-state index in [1.54, 1.807) is 6.07 Å². The first-order chi connectivity index (χ1) is 11.2. The predicted octanol–water partition coefficient (Wildman–Crippen LogP) is 0.457. The maximum atomic E-state index is 13.9. The standard InChI is InChI=1S/C14H18FN7O.ClH/c15-12-3-2-11(22-10-17-19-20-22)8-13(12)18-14(23)9-21-6-1-4-16-5-7-21;/h2-3,8,10,16H,1,4-7,9H2,(H,18,23);1H. The van der Waals surface area contributed by atoms with E-state index in [1.165, 1.54) is 23.1 Å². The van der Waals surface area contributed by atoms with Gasteiger partial charge < -0.3 is 10.6 Å². The van der Waals surface area contributed by atoms with Crippen LogP contribution >= 0.6 is 12.4 Å². The number of carbonyl (C=O) groups excluding carboxylic acids is 1. The summed E-state index contributed by atoms with van der Waals surface area (Å²) in [6.07, 6.45) is 2.40. The Balaban J connectivity index is 0.00000208. The van der Waals surface area contributed by atoms with Crippen molar-refractivity contribution in [3.63, 3.8) is 0 Å². The van der Waals surface area contributed by atoms with Gasteiger partial charge in [0.1, 0.15) is 12.1 Å². The molecule has 1 aromatic carbocycles. The Labute approximate surface area is 144 Å². The molecule has 0 unspecified atom stereocenters. The zero-order valence-corrected chi connectivity index (χ0v) is 13.8. The van der Waals surface area contributed by atoms with Gasteiger partial charge in [-0.25, -0.2) is 9.07 Å². The summed E-state index contributed by atoms with van der Waals surface area (Å²) in [4.78, 5) is 14.2. The minimum Gasteiger partial charge on any atom is -0.322 e. The van der Waals surface area contributed by atoms with E-state index in [4.69, 9.17) is 0 Å². The van der Waals surface area contributed by atoms with E-state index in [0.717, 1.165) is 32.6 Å². The van der Waals surface area contributed by atoms with Crippen molar-refractivity contribution in [1.29, 1.82) is 0 Å². The van der Waals surface area contributed by atoms with Crippen LogP contribution in [0.2, 0.25) is 0 Å². The van der Waals surface area contributed by atoms with Crippen molar-refractivity contribution < 1.29 is 9.18 Å². The molecule has 0 spiro atoms. The first-order valence-electron chi connectivity index (χ1n) is 7.48. The molecule has 1 aliphatic heterocycles. The fourth-order valence-corrected chi connectivity index (χ4v) is 2.48. The number of aromatic nitrogens is 4. The summed E-state index contributed by atoms with van der Waals surface area (Å²) in [6, 6.07) is 4.33. The highest BCUT2D eigenvalue weighted by Gasteiger charge is 2.14. The van der Waals surface area contributed by atoms with Gasteiger partial charge in [0.2, 0.25) is 5.91 Å². The van der Waals surface area contributed by atoms with Gasteiger partial charge in [0.15, 0.2) is 0 Å². The largest absolute Gasteiger partial charge is 0.322 e. The number of tetrazole rings is 1. The molecule has 3 rings (SSSR count). The molecule has 1 saturated heterocycles. The number of hydrogen-bond donors (Lipinski definition) is 2. The lowest BCUT2D eigenvalue weighted by Gasteiger charge is -2.18. The number of halogens is 2. The lowest BCUT2D eigenvalue weighted by atomic mass is 10.2. The number of benzene rings is 1. The fraction of sp³-hybridized carbons (Fsp3) is 0.429. The van der Waals surface area contributed by atoms with Gasteiger partial charge in [0.05, 0.1) is 17.9 Å². The molecule has 1 aliphatic rings. The molecule has 0 atom stereocenters. The molecule has 1 fully saturated rings. The molecule has 24 heavy (non-hydrogen) atoms. The monoisotopic (exact) mass is 355 g/mol. The van der Waals surface area contributed by atoms with Crippen LogP contribution in [0, 0.1) is 5.82 Å². The minimum absolute atomic E-state index is 0. The summed E-state index contributed by atoms with van der Waals surface area (Å²) in [5, 5.41) is 16.7. The maximum absolute atomic E-state index is 13.9. The first kappa shape index (κ1) is 18.2. The van der Waals surface area contributed by atoms with E-state index < -0.39 is 5.82 Å². The van der Waals surface area contributed by atoms with E-state index in [2.05, 4.69) is 31.1 Å². The van der Waals surface area contributed by atoms with Crippen molar-refractivity contribution in [1.82, 2.24) is 30.4 Å². The van der Waals surface area contributed by atoms with Crippen LogP contribution in [0.3, 0.4) is 0 Å². The Morgan fingerprint density at radius 3 is 3.00 bits per heavy atom. The molecule has 10 heteroatoms. The summed E-state index contributed by atoms with van der Waals surface area (Å²) in [5.41, 5.74) is 0.696. The average Bonchev–Trinajstić information content (AvgIpc) is 2.95. The third-order valence-corrected chi connectivity index (χ3v) is 3.64. The van der Waals surface area contributed by atoms with E-state index in [1.807, 2.05) is 0 Å². The molecule has 0 saturated carbocycles. The van der Waals surface area contributed by atoms with Gasteiger partial charge in [-0.2, -0.15) is 0 Å². The number of amides is 1. The molecule has 1 aromatic heterocycles. The SMILES string of the molecule is Cl.O=C(CN1CCCNCC1)Nc1cc(-n2cnnn2)ccc1F. The van der Waals surface area contributed by atoms with Gasteiger partial charge in [-0.05, 0) is 48.1 Å². The second-order valence-corrected chi connectivity index (χ2v) is 5.35. The Morgan fingerprint density at radius 1 is 1.33 bits per heavy atom. The minimum atomic E-state index is -0.493. The van der Waals surface area contributed by atoms with Gasteiger partial charge in [-0.15, -0.1) is 17.5 Å². The normalized spacial score (nSPS) is 15.4. The van der Waals surface area contributed by atoms with Crippen LogP contribution in [-0.2, 0) is 4.79 Å². The van der Waals surface area contributed by atoms with Gasteiger partial charge in [-0.3, -0.25) is 9.69 Å². The molecule has 2 N–H and O–H groups in total. The Hall–Kier alpha value is -2.10. The van der Waals surface area contributed by atoms with Gasteiger partial charge in [0, 0.05) is 13.1 Å². The molecule has 8 nitrogen and oxygen atoms in total. The van der Waals surface area contributed by atoms with E-state index in [9.17, 15) is 9.18 Å². The molecular formula is C14H19ClFN7O. The van der Waals surface area contributed by atoms with Crippen LogP contribution in [0.25, 0.3) is 5.69 Å². The van der Waals surface area contributed by atoms with Gasteiger partial charge >= 0.3 is 0 Å². The van der Waals surface area contributed by atoms with E-state index in [-0.39, 0.29) is 30.5 Å². The molecular weight excluding hydrogens is 337 g/mol. The van der Waals surface area contributed by atoms with Crippen LogP contribution in [0.4, 0.5) is 10.1 Å². The Bertz CT molecular complexity index is 659. The number of hydrogen-bond acceptors (Lipinski definition) is 6. The Morgan fingerprint density at radius 2 is 2.21 bits per heavy atom. The molecule has 2 aromatic rings. The highest BCUT2D eigenvalue weighted by Crippen LogP contribution is 2.18. The zero-order valence-electron chi connectivity index (χ0n) is 13.0. The van der Waals surface area contributed by atoms with Gasteiger partial charge in [0.25, 0.3) is 0 Å². The fourth-order valence-electron chi connectivity index (χ4n) is 2.48. The molecule has 0 radical (unpaired) electrons. The van der Waals surface area contributed by atoms with E-state index in [0.29, 0.717) is 5.69 Å². The van der Waals surface area contributed by atoms with Crippen molar-refractivity contribution in [2.75, 3.05) is 38.0 Å². The van der Waals surface area contributed by atoms with Crippen LogP contribution in [0.5, 0.6) is 0 Å². The third-order valence-electron chi connectivity index (χ3n) is 3.64. The van der Waals surface area contributed by atoms with Gasteiger partial charge in [-0.1, -0.05) is 0 Å². The van der Waals surface area contributed by atoms with Crippen molar-refractivity contribution in [2.45, 2.75) is 6.42 Å². The third kappa shape index (κ3) is 4.70. The van der Waals surface area contributed by atoms with Crippen molar-refractivity contribution in [3.8, 4) is 5.69 Å². The summed E-state index contributed by atoms with van der Waals surface area (Å²) in [5.74, 6) is -0.729. The molecule has 1 amide bonds. The quantitative estimate of drug-likeness (QED) is 0.828. The number of rotatable bonds is 4. The van der Waals surface area contributed by atoms with Crippen LogP contribution < -0.4 is 10.6 Å². The topological polar surface area (TPSA) is 88.0 Å². The number of anilines is 1. The van der Waals surface area contributed by atoms with Crippen molar-refractivity contribution >= 4 is 24.0 Å². The lowest BCUT2D eigenvalue weighted by Crippen LogP contribution is -2.35. The average molecular weight is 356 g/mol. The summed E-state index contributed by atoms with van der Waals surface area (Å²) in [7, 11) is 0. The smallest absolute Gasteiger partial charge is 0.238 e. The number of nitrogens with one attached hydrogen (secondary N) is 2. The highest BCUT2D eigenvalue weighted by molar-refractivity contribution is 5.92. The summed E-state index contributed by atoms with van der Waals surface area (Å²) < 4.78 is 15.3. The summed E-state index contributed by atoms with van der Waals surface area (Å²) in [6.45, 7) is 3.72. The van der Waals surface area contributed by atoms with Crippen LogP contribution in [-0.4, -0.2) is 63.7 Å². The second-order valence-electron chi connectivity index (χ2n) is 5.35. The molecule has 0 aliphatic carbocycles.